The molecule has 1 amide bonds. The van der Waals surface area contributed by atoms with Crippen LogP contribution in [0.3, 0.4) is 0 Å². The van der Waals surface area contributed by atoms with Crippen molar-refractivity contribution in [3.63, 3.8) is 0 Å². The number of imidazole rings is 1. The van der Waals surface area contributed by atoms with Crippen molar-refractivity contribution in [3.8, 4) is 5.75 Å². The summed E-state index contributed by atoms with van der Waals surface area (Å²) >= 11 is 1.42. The first-order chi connectivity index (χ1) is 12.0. The number of aryl methyl sites for hydroxylation is 1. The second-order valence-electron chi connectivity index (χ2n) is 5.55. The molecule has 128 valence electrons. The third kappa shape index (κ3) is 4.00. The molecule has 3 rings (SSSR count). The molecule has 2 N–H and O–H groups in total. The number of hydrogen-bond acceptors (Lipinski definition) is 4. The highest BCUT2D eigenvalue weighted by atomic mass is 32.2. The SMILES string of the molecule is C/C(=N/NC(=O)CSc1[nH]c2ccccc2[n+]1C)c1ccc([O-])cc1. The van der Waals surface area contributed by atoms with Gasteiger partial charge in [-0.15, -0.1) is 5.75 Å². The Morgan fingerprint density at radius 3 is 2.68 bits per heavy atom. The van der Waals surface area contributed by atoms with E-state index in [-0.39, 0.29) is 17.4 Å². The summed E-state index contributed by atoms with van der Waals surface area (Å²) in [4.78, 5) is 15.3. The number of nitrogens with zero attached hydrogens (tertiary/aromatic N) is 2. The number of rotatable bonds is 5. The Hall–Kier alpha value is -2.80. The summed E-state index contributed by atoms with van der Waals surface area (Å²) in [6.07, 6.45) is 0. The van der Waals surface area contributed by atoms with E-state index in [9.17, 15) is 9.90 Å². The number of fused-ring (bicyclic) bond motifs is 1. The number of H-pyrrole nitrogens is 1. The van der Waals surface area contributed by atoms with Crippen LogP contribution in [0.2, 0.25) is 0 Å². The van der Waals surface area contributed by atoms with Crippen LogP contribution in [-0.4, -0.2) is 22.4 Å². The van der Waals surface area contributed by atoms with Gasteiger partial charge in [-0.05, 0) is 36.4 Å². The van der Waals surface area contributed by atoms with Crippen LogP contribution in [0.15, 0.2) is 58.8 Å². The fraction of sp³-hybridized carbons (Fsp3) is 0.167. The maximum absolute atomic E-state index is 12.0. The van der Waals surface area contributed by atoms with E-state index in [0.29, 0.717) is 5.71 Å². The zero-order chi connectivity index (χ0) is 17.8. The lowest BCUT2D eigenvalue weighted by atomic mass is 10.1. The monoisotopic (exact) mass is 354 g/mol. The maximum atomic E-state index is 12.0. The highest BCUT2D eigenvalue weighted by Gasteiger charge is 2.16. The lowest BCUT2D eigenvalue weighted by Gasteiger charge is -2.06. The highest BCUT2D eigenvalue weighted by molar-refractivity contribution is 7.99. The second-order valence-corrected chi connectivity index (χ2v) is 6.52. The van der Waals surface area contributed by atoms with Crippen LogP contribution in [-0.2, 0) is 11.8 Å². The van der Waals surface area contributed by atoms with Crippen LogP contribution >= 0.6 is 11.8 Å². The molecule has 0 bridgehead atoms. The van der Waals surface area contributed by atoms with Crippen molar-refractivity contribution in [2.75, 3.05) is 5.75 Å². The van der Waals surface area contributed by atoms with Crippen LogP contribution in [0.25, 0.3) is 11.0 Å². The number of nitrogens with one attached hydrogen (secondary N) is 2. The van der Waals surface area contributed by atoms with E-state index in [1.807, 2.05) is 35.9 Å². The summed E-state index contributed by atoms with van der Waals surface area (Å²) in [5.74, 6) is 0.00311. The zero-order valence-corrected chi connectivity index (χ0v) is 14.8. The van der Waals surface area contributed by atoms with Crippen LogP contribution in [0.5, 0.6) is 5.75 Å². The quantitative estimate of drug-likeness (QED) is 0.317. The number of thioether (sulfide) groups is 1. The molecule has 1 heterocycles. The molecule has 0 radical (unpaired) electrons. The minimum atomic E-state index is -0.191. The van der Waals surface area contributed by atoms with Crippen molar-refractivity contribution in [1.82, 2.24) is 10.4 Å². The third-order valence-corrected chi connectivity index (χ3v) is 4.83. The van der Waals surface area contributed by atoms with Crippen LogP contribution in [0.4, 0.5) is 0 Å². The van der Waals surface area contributed by atoms with Crippen LogP contribution in [0.1, 0.15) is 12.5 Å². The highest BCUT2D eigenvalue weighted by Crippen LogP contribution is 2.16. The van der Waals surface area contributed by atoms with Crippen molar-refractivity contribution >= 4 is 34.4 Å². The van der Waals surface area contributed by atoms with Gasteiger partial charge in [0.2, 0.25) is 0 Å². The first kappa shape index (κ1) is 17.0. The first-order valence-electron chi connectivity index (χ1n) is 7.74. The number of benzene rings is 2. The van der Waals surface area contributed by atoms with Crippen LogP contribution < -0.4 is 15.1 Å². The lowest BCUT2D eigenvalue weighted by molar-refractivity contribution is -0.683. The normalized spacial score (nSPS) is 11.7. The summed E-state index contributed by atoms with van der Waals surface area (Å²) in [6, 6.07) is 14.3. The standard InChI is InChI=1S/C18H18N4O2S/c1-12(13-7-9-14(23)10-8-13)20-21-17(24)11-25-18-19-15-5-3-4-6-16(15)22(18)2/h3-10H,11H2,1-2H3,(H2,20,21,23,24). The fourth-order valence-electron chi connectivity index (χ4n) is 2.39. The first-order valence-corrected chi connectivity index (χ1v) is 8.73. The largest absolute Gasteiger partial charge is 0.872 e. The fourth-order valence-corrected chi connectivity index (χ4v) is 3.19. The summed E-state index contributed by atoms with van der Waals surface area (Å²) < 4.78 is 2.02. The molecule has 0 aliphatic rings. The van der Waals surface area contributed by atoms with Gasteiger partial charge >= 0.3 is 5.16 Å². The number of aromatic amines is 1. The molecule has 1 aromatic heterocycles. The van der Waals surface area contributed by atoms with Gasteiger partial charge in [-0.1, -0.05) is 36.4 Å². The molecule has 0 fully saturated rings. The number of aromatic nitrogens is 2. The molecule has 0 unspecified atom stereocenters. The number of para-hydroxylation sites is 2. The van der Waals surface area contributed by atoms with Gasteiger partial charge in [0.15, 0.2) is 11.0 Å². The summed E-state index contributed by atoms with van der Waals surface area (Å²) in [5, 5.41) is 16.1. The Labute approximate surface area is 149 Å². The molecule has 25 heavy (non-hydrogen) atoms. The van der Waals surface area contributed by atoms with Gasteiger partial charge in [0.1, 0.15) is 0 Å². The second kappa shape index (κ2) is 7.40. The summed E-state index contributed by atoms with van der Waals surface area (Å²) in [5.41, 5.74) is 6.11. The molecule has 7 heteroatoms. The van der Waals surface area contributed by atoms with Gasteiger partial charge in [0.25, 0.3) is 5.91 Å². The van der Waals surface area contributed by atoms with Crippen molar-refractivity contribution in [1.29, 1.82) is 0 Å². The zero-order valence-electron chi connectivity index (χ0n) is 13.9. The number of hydrogen-bond donors (Lipinski definition) is 2. The average Bonchev–Trinajstić information content (AvgIpc) is 2.95. The number of amides is 1. The summed E-state index contributed by atoms with van der Waals surface area (Å²) in [7, 11) is 1.96. The average molecular weight is 354 g/mol. The van der Waals surface area contributed by atoms with E-state index < -0.39 is 0 Å². The van der Waals surface area contributed by atoms with E-state index in [1.165, 1.54) is 23.9 Å². The molecule has 0 spiro atoms. The van der Waals surface area contributed by atoms with E-state index in [2.05, 4.69) is 15.5 Å². The van der Waals surface area contributed by atoms with Gasteiger partial charge in [0.05, 0.1) is 18.5 Å². The third-order valence-electron chi connectivity index (χ3n) is 3.77. The van der Waals surface area contributed by atoms with E-state index >= 15 is 0 Å². The topological polar surface area (TPSA) is 84.2 Å². The van der Waals surface area contributed by atoms with Crippen molar-refractivity contribution < 1.29 is 14.5 Å². The minimum absolute atomic E-state index is 0.0526. The molecule has 3 aromatic rings. The predicted molar refractivity (Wildman–Crippen MR) is 96.4 cm³/mol. The van der Waals surface area contributed by atoms with Crippen molar-refractivity contribution in [2.24, 2.45) is 12.1 Å². The van der Waals surface area contributed by atoms with Crippen molar-refractivity contribution in [2.45, 2.75) is 12.1 Å². The Morgan fingerprint density at radius 2 is 1.96 bits per heavy atom. The lowest BCUT2D eigenvalue weighted by Crippen LogP contribution is -2.30. The van der Waals surface area contributed by atoms with Crippen molar-refractivity contribution in [3.05, 3.63) is 54.1 Å². The Balaban J connectivity index is 1.59. The molecule has 2 aromatic carbocycles. The summed E-state index contributed by atoms with van der Waals surface area (Å²) in [6.45, 7) is 1.78. The molecular weight excluding hydrogens is 336 g/mol. The Bertz CT molecular complexity index is 932. The van der Waals surface area contributed by atoms with Gasteiger partial charge in [-0.2, -0.15) is 5.10 Å². The van der Waals surface area contributed by atoms with Gasteiger partial charge < -0.3 is 5.11 Å². The molecule has 0 aliphatic carbocycles. The molecule has 0 saturated heterocycles. The predicted octanol–water partition coefficient (Wildman–Crippen LogP) is 1.70. The number of carbonyl (C=O) groups is 1. The Kier molecular flexibility index (Phi) is 5.04. The minimum Gasteiger partial charge on any atom is -0.872 e. The number of hydrazone groups is 1. The molecule has 0 saturated carbocycles. The molecule has 0 aliphatic heterocycles. The maximum Gasteiger partial charge on any atom is 0.317 e. The molecular formula is C18H18N4O2S. The van der Waals surface area contributed by atoms with Crippen LogP contribution in [0, 0.1) is 0 Å². The van der Waals surface area contributed by atoms with E-state index in [1.54, 1.807) is 19.1 Å². The van der Waals surface area contributed by atoms with Gasteiger partial charge in [0, 0.05) is 0 Å². The van der Waals surface area contributed by atoms with E-state index in [0.717, 1.165) is 21.8 Å². The smallest absolute Gasteiger partial charge is 0.317 e. The van der Waals surface area contributed by atoms with Gasteiger partial charge in [-0.3, -0.25) is 4.79 Å². The molecule has 6 nitrogen and oxygen atoms in total. The Morgan fingerprint density at radius 1 is 1.24 bits per heavy atom. The van der Waals surface area contributed by atoms with E-state index in [4.69, 9.17) is 0 Å². The number of carbonyl (C=O) groups excluding carboxylic acids is 1. The molecule has 0 atom stereocenters. The van der Waals surface area contributed by atoms with Gasteiger partial charge in [-0.25, -0.2) is 15.0 Å².